The van der Waals surface area contributed by atoms with Crippen molar-refractivity contribution >= 4 is 34.7 Å². The number of rotatable bonds is 6. The number of esters is 1. The van der Waals surface area contributed by atoms with Gasteiger partial charge in [0.15, 0.2) is 16.6 Å². The molecule has 0 atom stereocenters. The van der Waals surface area contributed by atoms with Crippen molar-refractivity contribution in [2.75, 3.05) is 31.5 Å². The second-order valence-electron chi connectivity index (χ2n) is 4.95. The zero-order valence-electron chi connectivity index (χ0n) is 14.3. The Morgan fingerprint density at radius 1 is 0.960 bits per heavy atom. The van der Waals surface area contributed by atoms with E-state index in [1.165, 1.54) is 0 Å². The zero-order valence-corrected chi connectivity index (χ0v) is 15.1. The molecular formula is C18H20N2O4S. The predicted molar refractivity (Wildman–Crippen MR) is 102 cm³/mol. The molecule has 2 aromatic rings. The standard InChI is InChI=1S/C18H20N2O4S/c1-4-24-17(21)12-5-7-13(8-6-12)19-18(25)20-14-9-10-15(22-2)16(11-14)23-3/h5-11H,4H2,1-3H3,(H2,19,20,25). The number of carbonyl (C=O) groups excluding carboxylic acids is 1. The van der Waals surface area contributed by atoms with Gasteiger partial charge < -0.3 is 24.8 Å². The highest BCUT2D eigenvalue weighted by Gasteiger charge is 2.08. The van der Waals surface area contributed by atoms with Crippen LogP contribution in [-0.2, 0) is 4.74 Å². The summed E-state index contributed by atoms with van der Waals surface area (Å²) in [4.78, 5) is 11.6. The summed E-state index contributed by atoms with van der Waals surface area (Å²) in [6.45, 7) is 2.12. The number of methoxy groups -OCH3 is 2. The molecule has 0 bridgehead atoms. The Hall–Kier alpha value is -2.80. The molecule has 0 aliphatic heterocycles. The van der Waals surface area contributed by atoms with Crippen LogP contribution in [-0.4, -0.2) is 31.9 Å². The fourth-order valence-electron chi connectivity index (χ4n) is 2.11. The largest absolute Gasteiger partial charge is 0.493 e. The number of carbonyl (C=O) groups is 1. The van der Waals surface area contributed by atoms with Crippen molar-refractivity contribution < 1.29 is 19.0 Å². The van der Waals surface area contributed by atoms with Crippen molar-refractivity contribution in [3.63, 3.8) is 0 Å². The molecule has 0 amide bonds. The maximum Gasteiger partial charge on any atom is 0.338 e. The summed E-state index contributed by atoms with van der Waals surface area (Å²) in [5, 5.41) is 6.53. The summed E-state index contributed by atoms with van der Waals surface area (Å²) in [5.74, 6) is 0.899. The molecule has 7 heteroatoms. The molecule has 0 aliphatic rings. The fourth-order valence-corrected chi connectivity index (χ4v) is 2.35. The molecule has 0 heterocycles. The first-order chi connectivity index (χ1) is 12.1. The maximum absolute atomic E-state index is 11.6. The molecule has 25 heavy (non-hydrogen) atoms. The monoisotopic (exact) mass is 360 g/mol. The molecule has 132 valence electrons. The molecule has 6 nitrogen and oxygen atoms in total. The van der Waals surface area contributed by atoms with Crippen LogP contribution in [0.3, 0.4) is 0 Å². The van der Waals surface area contributed by atoms with Crippen molar-refractivity contribution in [2.45, 2.75) is 6.92 Å². The summed E-state index contributed by atoms with van der Waals surface area (Å²) < 4.78 is 15.4. The first-order valence-corrected chi connectivity index (χ1v) is 8.05. The molecular weight excluding hydrogens is 340 g/mol. The minimum Gasteiger partial charge on any atom is -0.493 e. The van der Waals surface area contributed by atoms with E-state index in [-0.39, 0.29) is 5.97 Å². The topological polar surface area (TPSA) is 68.8 Å². The van der Waals surface area contributed by atoms with Crippen LogP contribution < -0.4 is 20.1 Å². The van der Waals surface area contributed by atoms with Gasteiger partial charge in [-0.15, -0.1) is 0 Å². The minimum absolute atomic E-state index is 0.345. The molecule has 2 N–H and O–H groups in total. The lowest BCUT2D eigenvalue weighted by atomic mass is 10.2. The van der Waals surface area contributed by atoms with Crippen LogP contribution in [0.25, 0.3) is 0 Å². The van der Waals surface area contributed by atoms with Crippen LogP contribution in [0.5, 0.6) is 11.5 Å². The van der Waals surface area contributed by atoms with Gasteiger partial charge in [-0.3, -0.25) is 0 Å². The minimum atomic E-state index is -0.347. The van der Waals surface area contributed by atoms with Crippen LogP contribution in [0.1, 0.15) is 17.3 Å². The Balaban J connectivity index is 1.99. The van der Waals surface area contributed by atoms with Crippen LogP contribution in [0, 0.1) is 0 Å². The second-order valence-corrected chi connectivity index (χ2v) is 5.35. The van der Waals surface area contributed by atoms with Gasteiger partial charge >= 0.3 is 5.97 Å². The van der Waals surface area contributed by atoms with Gasteiger partial charge in [-0.05, 0) is 55.5 Å². The van der Waals surface area contributed by atoms with Crippen LogP contribution in [0.15, 0.2) is 42.5 Å². The Bertz CT molecular complexity index is 747. The van der Waals surface area contributed by atoms with Crippen LogP contribution in [0.4, 0.5) is 11.4 Å². The number of nitrogens with one attached hydrogen (secondary N) is 2. The highest BCUT2D eigenvalue weighted by atomic mass is 32.1. The van der Waals surface area contributed by atoms with E-state index in [0.29, 0.717) is 28.8 Å². The lowest BCUT2D eigenvalue weighted by molar-refractivity contribution is 0.0526. The van der Waals surface area contributed by atoms with Crippen molar-refractivity contribution in [3.05, 3.63) is 48.0 Å². The summed E-state index contributed by atoms with van der Waals surface area (Å²) in [6.07, 6.45) is 0. The van der Waals surface area contributed by atoms with E-state index in [2.05, 4.69) is 10.6 Å². The van der Waals surface area contributed by atoms with E-state index in [1.807, 2.05) is 6.07 Å². The third-order valence-corrected chi connectivity index (χ3v) is 3.50. The molecule has 0 radical (unpaired) electrons. The molecule has 0 aliphatic carbocycles. The summed E-state index contributed by atoms with van der Waals surface area (Å²) >= 11 is 5.30. The van der Waals surface area contributed by atoms with Gasteiger partial charge in [-0.25, -0.2) is 4.79 Å². The lowest BCUT2D eigenvalue weighted by Gasteiger charge is -2.13. The Labute approximate surface area is 152 Å². The number of ether oxygens (including phenoxy) is 3. The Morgan fingerprint density at radius 2 is 1.56 bits per heavy atom. The third-order valence-electron chi connectivity index (χ3n) is 3.30. The van der Waals surface area contributed by atoms with Crippen molar-refractivity contribution in [3.8, 4) is 11.5 Å². The third kappa shape index (κ3) is 5.09. The van der Waals surface area contributed by atoms with E-state index in [4.69, 9.17) is 26.4 Å². The van der Waals surface area contributed by atoms with E-state index >= 15 is 0 Å². The Kier molecular flexibility index (Phi) is 6.59. The normalized spacial score (nSPS) is 9.88. The van der Waals surface area contributed by atoms with Crippen LogP contribution >= 0.6 is 12.2 Å². The smallest absolute Gasteiger partial charge is 0.338 e. The number of benzene rings is 2. The quantitative estimate of drug-likeness (QED) is 0.601. The van der Waals surface area contributed by atoms with Gasteiger partial charge in [0.25, 0.3) is 0 Å². The highest BCUT2D eigenvalue weighted by Crippen LogP contribution is 2.29. The van der Waals surface area contributed by atoms with Gasteiger partial charge in [0.1, 0.15) is 0 Å². The summed E-state index contributed by atoms with van der Waals surface area (Å²) in [7, 11) is 3.15. The SMILES string of the molecule is CCOC(=O)c1ccc(NC(=S)Nc2ccc(OC)c(OC)c2)cc1. The molecule has 0 saturated carbocycles. The number of hydrogen-bond donors (Lipinski definition) is 2. The number of hydrogen-bond acceptors (Lipinski definition) is 5. The first kappa shape index (κ1) is 18.5. The second kappa shape index (κ2) is 8.89. The molecule has 2 rings (SSSR count). The molecule has 0 aromatic heterocycles. The van der Waals surface area contributed by atoms with Gasteiger partial charge in [-0.2, -0.15) is 0 Å². The van der Waals surface area contributed by atoms with Gasteiger partial charge in [0, 0.05) is 17.4 Å². The predicted octanol–water partition coefficient (Wildman–Crippen LogP) is 3.69. The van der Waals surface area contributed by atoms with Crippen molar-refractivity contribution in [1.82, 2.24) is 0 Å². The number of thiocarbonyl (C=S) groups is 1. The van der Waals surface area contributed by atoms with E-state index in [0.717, 1.165) is 11.4 Å². The molecule has 0 fully saturated rings. The van der Waals surface area contributed by atoms with Crippen LogP contribution in [0.2, 0.25) is 0 Å². The maximum atomic E-state index is 11.6. The van der Waals surface area contributed by atoms with Crippen molar-refractivity contribution in [2.24, 2.45) is 0 Å². The molecule has 2 aromatic carbocycles. The van der Waals surface area contributed by atoms with Crippen molar-refractivity contribution in [1.29, 1.82) is 0 Å². The van der Waals surface area contributed by atoms with Gasteiger partial charge in [-0.1, -0.05) is 0 Å². The summed E-state index contributed by atoms with van der Waals surface area (Å²) in [6, 6.07) is 12.3. The van der Waals surface area contributed by atoms with E-state index < -0.39 is 0 Å². The average molecular weight is 360 g/mol. The average Bonchev–Trinajstić information content (AvgIpc) is 2.62. The highest BCUT2D eigenvalue weighted by molar-refractivity contribution is 7.80. The van der Waals surface area contributed by atoms with E-state index in [9.17, 15) is 4.79 Å². The molecule has 0 unspecified atom stereocenters. The fraction of sp³-hybridized carbons (Fsp3) is 0.222. The van der Waals surface area contributed by atoms with E-state index in [1.54, 1.807) is 57.5 Å². The molecule has 0 spiro atoms. The van der Waals surface area contributed by atoms with Gasteiger partial charge in [0.2, 0.25) is 0 Å². The van der Waals surface area contributed by atoms with Gasteiger partial charge in [0.05, 0.1) is 26.4 Å². The number of anilines is 2. The first-order valence-electron chi connectivity index (χ1n) is 7.64. The Morgan fingerprint density at radius 3 is 2.16 bits per heavy atom. The summed E-state index contributed by atoms with van der Waals surface area (Å²) in [5.41, 5.74) is 2.01. The zero-order chi connectivity index (χ0) is 18.2. The lowest BCUT2D eigenvalue weighted by Crippen LogP contribution is -2.19. The molecule has 0 saturated heterocycles.